The number of aromatic nitrogens is 1. The third-order valence-electron chi connectivity index (χ3n) is 2.13. The highest BCUT2D eigenvalue weighted by Gasteiger charge is 2.11. The Labute approximate surface area is 102 Å². The number of carboxylic acid groups (broad SMARTS) is 1. The summed E-state index contributed by atoms with van der Waals surface area (Å²) in [5.74, 6) is 0.383. The van der Waals surface area contributed by atoms with Gasteiger partial charge >= 0.3 is 5.97 Å². The summed E-state index contributed by atoms with van der Waals surface area (Å²) in [6.45, 7) is 0.356. The Morgan fingerprint density at radius 1 is 1.65 bits per heavy atom. The minimum absolute atomic E-state index is 0.0310. The quantitative estimate of drug-likeness (QED) is 0.880. The second kappa shape index (κ2) is 5.11. The number of carboxylic acids is 1. The third-order valence-corrected chi connectivity index (χ3v) is 3.01. The van der Waals surface area contributed by atoms with Crippen molar-refractivity contribution in [3.05, 3.63) is 29.6 Å². The fourth-order valence-corrected chi connectivity index (χ4v) is 2.11. The van der Waals surface area contributed by atoms with E-state index in [9.17, 15) is 4.79 Å². The molecule has 0 saturated heterocycles. The number of carbonyl (C=O) groups is 1. The molecule has 0 atom stereocenters. The van der Waals surface area contributed by atoms with Gasteiger partial charge in [-0.3, -0.25) is 9.69 Å². The average molecular weight is 252 g/mol. The van der Waals surface area contributed by atoms with Crippen LogP contribution in [0.15, 0.2) is 28.1 Å². The van der Waals surface area contributed by atoms with Crippen LogP contribution in [0.3, 0.4) is 0 Å². The fraction of sp³-hybridized carbons (Fsp3) is 0.273. The molecule has 0 radical (unpaired) electrons. The molecule has 1 N–H and O–H groups in total. The SMILES string of the molecule is CN(CC(=O)O)Cc1ncc(-c2cccs2)o1. The van der Waals surface area contributed by atoms with Crippen LogP contribution in [-0.4, -0.2) is 34.6 Å². The van der Waals surface area contributed by atoms with Gasteiger partial charge in [-0.2, -0.15) is 0 Å². The number of hydrogen-bond acceptors (Lipinski definition) is 5. The molecule has 0 aliphatic carbocycles. The number of nitrogens with zero attached hydrogens (tertiary/aromatic N) is 2. The van der Waals surface area contributed by atoms with Gasteiger partial charge < -0.3 is 9.52 Å². The molecule has 2 aromatic heterocycles. The first kappa shape index (κ1) is 11.8. The van der Waals surface area contributed by atoms with Gasteiger partial charge in [0.25, 0.3) is 0 Å². The molecule has 0 bridgehead atoms. The van der Waals surface area contributed by atoms with Crippen LogP contribution in [0.2, 0.25) is 0 Å². The van der Waals surface area contributed by atoms with Crippen LogP contribution in [0.1, 0.15) is 5.89 Å². The number of hydrogen-bond donors (Lipinski definition) is 1. The van der Waals surface area contributed by atoms with Crippen LogP contribution < -0.4 is 0 Å². The maximum Gasteiger partial charge on any atom is 0.317 e. The highest BCUT2D eigenvalue weighted by molar-refractivity contribution is 7.13. The smallest absolute Gasteiger partial charge is 0.317 e. The summed E-state index contributed by atoms with van der Waals surface area (Å²) in [5, 5.41) is 10.6. The van der Waals surface area contributed by atoms with Gasteiger partial charge in [-0.1, -0.05) is 6.07 Å². The van der Waals surface area contributed by atoms with E-state index in [4.69, 9.17) is 9.52 Å². The first-order valence-electron chi connectivity index (χ1n) is 5.04. The van der Waals surface area contributed by atoms with Gasteiger partial charge in [-0.15, -0.1) is 11.3 Å². The number of likely N-dealkylation sites (N-methyl/N-ethyl adjacent to an activating group) is 1. The number of thiophene rings is 1. The zero-order chi connectivity index (χ0) is 12.3. The summed E-state index contributed by atoms with van der Waals surface area (Å²) in [5.41, 5.74) is 0. The zero-order valence-electron chi connectivity index (χ0n) is 9.29. The molecule has 0 saturated carbocycles. The van der Waals surface area contributed by atoms with Crippen LogP contribution in [0.4, 0.5) is 0 Å². The van der Waals surface area contributed by atoms with Crippen molar-refractivity contribution in [2.75, 3.05) is 13.6 Å². The molecule has 0 fully saturated rings. The largest absolute Gasteiger partial charge is 0.480 e. The molecule has 0 aromatic carbocycles. The first-order valence-corrected chi connectivity index (χ1v) is 5.92. The number of oxazole rings is 1. The molecule has 0 unspecified atom stereocenters. The molecule has 0 amide bonds. The van der Waals surface area contributed by atoms with Crippen molar-refractivity contribution in [3.63, 3.8) is 0 Å². The molecule has 90 valence electrons. The highest BCUT2D eigenvalue weighted by Crippen LogP contribution is 2.25. The maximum absolute atomic E-state index is 10.5. The molecule has 0 aliphatic heterocycles. The second-order valence-electron chi connectivity index (χ2n) is 3.66. The van der Waals surface area contributed by atoms with E-state index < -0.39 is 5.97 Å². The predicted molar refractivity (Wildman–Crippen MR) is 63.8 cm³/mol. The van der Waals surface area contributed by atoms with Crippen molar-refractivity contribution < 1.29 is 14.3 Å². The third kappa shape index (κ3) is 3.15. The monoisotopic (exact) mass is 252 g/mol. The Balaban J connectivity index is 2.01. The van der Waals surface area contributed by atoms with Crippen LogP contribution in [0, 0.1) is 0 Å². The van der Waals surface area contributed by atoms with Crippen LogP contribution >= 0.6 is 11.3 Å². The van der Waals surface area contributed by atoms with E-state index in [2.05, 4.69) is 4.98 Å². The summed E-state index contributed by atoms with van der Waals surface area (Å²) >= 11 is 1.58. The Bertz CT molecular complexity index is 493. The molecular formula is C11H12N2O3S. The first-order chi connectivity index (χ1) is 8.15. The molecular weight excluding hydrogens is 240 g/mol. The maximum atomic E-state index is 10.5. The predicted octanol–water partition coefficient (Wildman–Crippen LogP) is 1.92. The van der Waals surface area contributed by atoms with E-state index in [-0.39, 0.29) is 6.54 Å². The lowest BCUT2D eigenvalue weighted by molar-refractivity contribution is -0.138. The molecule has 2 heterocycles. The standard InChI is InChI=1S/C11H12N2O3S/c1-13(7-11(14)15)6-10-12-5-8(16-10)9-3-2-4-17-9/h2-5H,6-7H2,1H3,(H,14,15). The van der Waals surface area contributed by atoms with Crippen molar-refractivity contribution in [3.8, 4) is 10.6 Å². The van der Waals surface area contributed by atoms with E-state index >= 15 is 0 Å². The average Bonchev–Trinajstić information content (AvgIpc) is 2.84. The molecule has 2 aromatic rings. The van der Waals surface area contributed by atoms with E-state index in [1.54, 1.807) is 29.5 Å². The number of rotatable bonds is 5. The zero-order valence-corrected chi connectivity index (χ0v) is 10.1. The Hall–Kier alpha value is -1.66. The van der Waals surface area contributed by atoms with E-state index in [0.29, 0.717) is 12.4 Å². The Kier molecular flexibility index (Phi) is 3.55. The van der Waals surface area contributed by atoms with Crippen molar-refractivity contribution in [2.45, 2.75) is 6.54 Å². The van der Waals surface area contributed by atoms with Crippen molar-refractivity contribution >= 4 is 17.3 Å². The minimum atomic E-state index is -0.863. The van der Waals surface area contributed by atoms with Crippen molar-refractivity contribution in [2.24, 2.45) is 0 Å². The molecule has 2 rings (SSSR count). The molecule has 5 nitrogen and oxygen atoms in total. The van der Waals surface area contributed by atoms with Crippen LogP contribution in [-0.2, 0) is 11.3 Å². The van der Waals surface area contributed by atoms with Gasteiger partial charge in [0.15, 0.2) is 5.76 Å². The highest BCUT2D eigenvalue weighted by atomic mass is 32.1. The Morgan fingerprint density at radius 2 is 2.47 bits per heavy atom. The van der Waals surface area contributed by atoms with Crippen LogP contribution in [0.25, 0.3) is 10.6 Å². The molecule has 0 spiro atoms. The van der Waals surface area contributed by atoms with Gasteiger partial charge in [0.05, 0.1) is 24.2 Å². The van der Waals surface area contributed by atoms with E-state index in [1.165, 1.54) is 0 Å². The van der Waals surface area contributed by atoms with Crippen LogP contribution in [0.5, 0.6) is 0 Å². The summed E-state index contributed by atoms with van der Waals surface area (Å²) in [6.07, 6.45) is 1.66. The lowest BCUT2D eigenvalue weighted by Crippen LogP contribution is -2.25. The van der Waals surface area contributed by atoms with Crippen molar-refractivity contribution in [1.29, 1.82) is 0 Å². The molecule has 0 aliphatic rings. The van der Waals surface area contributed by atoms with E-state index in [1.807, 2.05) is 17.5 Å². The lowest BCUT2D eigenvalue weighted by Gasteiger charge is -2.10. The minimum Gasteiger partial charge on any atom is -0.480 e. The van der Waals surface area contributed by atoms with Gasteiger partial charge in [0.2, 0.25) is 5.89 Å². The van der Waals surface area contributed by atoms with Crippen molar-refractivity contribution in [1.82, 2.24) is 9.88 Å². The summed E-state index contributed by atoms with van der Waals surface area (Å²) in [4.78, 5) is 17.3. The fourth-order valence-electron chi connectivity index (χ4n) is 1.43. The number of aliphatic carboxylic acids is 1. The van der Waals surface area contributed by atoms with Gasteiger partial charge in [0, 0.05) is 0 Å². The summed E-state index contributed by atoms with van der Waals surface area (Å²) in [6, 6.07) is 3.90. The summed E-state index contributed by atoms with van der Waals surface area (Å²) in [7, 11) is 1.71. The Morgan fingerprint density at radius 3 is 3.12 bits per heavy atom. The van der Waals surface area contributed by atoms with Gasteiger partial charge in [-0.05, 0) is 18.5 Å². The topological polar surface area (TPSA) is 66.6 Å². The second-order valence-corrected chi connectivity index (χ2v) is 4.61. The normalized spacial score (nSPS) is 10.9. The van der Waals surface area contributed by atoms with E-state index in [0.717, 1.165) is 10.6 Å². The lowest BCUT2D eigenvalue weighted by atomic mass is 10.4. The molecule has 6 heteroatoms. The summed E-state index contributed by atoms with van der Waals surface area (Å²) < 4.78 is 5.54. The van der Waals surface area contributed by atoms with Gasteiger partial charge in [-0.25, -0.2) is 4.98 Å². The molecule has 17 heavy (non-hydrogen) atoms. The van der Waals surface area contributed by atoms with Gasteiger partial charge in [0.1, 0.15) is 0 Å².